The molecule has 10 nitrogen and oxygen atoms in total. The number of alkyl halides is 3. The van der Waals surface area contributed by atoms with E-state index in [-0.39, 0.29) is 42.7 Å². The second-order valence-electron chi connectivity index (χ2n) is 16.2. The fourth-order valence-corrected chi connectivity index (χ4v) is 7.74. The fourth-order valence-electron chi connectivity index (χ4n) is 6.10. The van der Waals surface area contributed by atoms with Crippen molar-refractivity contribution >= 4 is 84.9 Å². The summed E-state index contributed by atoms with van der Waals surface area (Å²) in [5, 5.41) is 0.357. The summed E-state index contributed by atoms with van der Waals surface area (Å²) < 4.78 is 33.7. The molecule has 0 spiro atoms. The zero-order valence-corrected chi connectivity index (χ0v) is 39.5. The molecule has 15 heteroatoms. The summed E-state index contributed by atoms with van der Waals surface area (Å²) in [4.78, 5) is 43.0. The highest BCUT2D eigenvalue weighted by Gasteiger charge is 2.60. The number of amides is 1. The van der Waals surface area contributed by atoms with Crippen molar-refractivity contribution in [1.29, 1.82) is 0 Å². The van der Waals surface area contributed by atoms with Crippen molar-refractivity contribution in [2.24, 2.45) is 0 Å². The molecule has 62 heavy (non-hydrogen) atoms. The third-order valence-electron chi connectivity index (χ3n) is 10.4. The fraction of sp³-hybridized carbons (Fsp3) is 0.340. The van der Waals surface area contributed by atoms with Crippen LogP contribution in [0.2, 0.25) is 23.2 Å². The Kier molecular flexibility index (Phi) is 16.6. The lowest BCUT2D eigenvalue weighted by molar-refractivity contribution is -0.201. The molecule has 0 saturated carbocycles. The van der Waals surface area contributed by atoms with E-state index < -0.39 is 54.7 Å². The van der Waals surface area contributed by atoms with Gasteiger partial charge < -0.3 is 33.0 Å². The Morgan fingerprint density at radius 2 is 1.32 bits per heavy atom. The van der Waals surface area contributed by atoms with Crippen LogP contribution in [0.4, 0.5) is 4.79 Å². The van der Waals surface area contributed by atoms with E-state index in [1.807, 2.05) is 85.8 Å². The molecule has 1 aliphatic rings. The first-order chi connectivity index (χ1) is 29.3. The zero-order valence-electron chi connectivity index (χ0n) is 35.4. The van der Waals surface area contributed by atoms with Crippen molar-refractivity contribution in [3.63, 3.8) is 0 Å². The molecule has 0 bridgehead atoms. The van der Waals surface area contributed by atoms with Crippen LogP contribution in [0.5, 0.6) is 11.5 Å². The maximum atomic E-state index is 13.9. The molecule has 1 amide bonds. The van der Waals surface area contributed by atoms with Crippen LogP contribution in [-0.4, -0.2) is 73.2 Å². The average molecular weight is 944 g/mol. The van der Waals surface area contributed by atoms with Crippen LogP contribution >= 0.6 is 46.4 Å². The summed E-state index contributed by atoms with van der Waals surface area (Å²) in [6.07, 6.45) is 5.73. The molecule has 0 radical (unpaired) electrons. The quantitative estimate of drug-likeness (QED) is 0.0336. The standard InChI is InChI=1S/C47H51Cl4NO9Si/c1-33(52(44(55)58-32-46(49,50)51)31-41(37-22-13-23-38(48)30-37)61-62(5,6)45(2,3)4)28-36-24-25-39-40(29-36)60-47(59-39,42(53)56-26-14-20-34-16-9-7-10-17-34)43(54)57-27-15-21-35-18-11-8-12-19-35/h7-25,29-30,33,41H,26-28,31-32H2,1-6H3/t33-,41+,47?/m1/s1. The number of hydrogen-bond acceptors (Lipinski definition) is 9. The van der Waals surface area contributed by atoms with Gasteiger partial charge in [-0.3, -0.25) is 0 Å². The van der Waals surface area contributed by atoms with Crippen LogP contribution in [0, 0.1) is 0 Å². The molecule has 0 N–H and O–H groups in total. The molecule has 330 valence electrons. The average Bonchev–Trinajstić information content (AvgIpc) is 3.62. The van der Waals surface area contributed by atoms with Crippen LogP contribution in [0.3, 0.4) is 0 Å². The summed E-state index contributed by atoms with van der Waals surface area (Å²) in [6.45, 7) is 11.7. The minimum absolute atomic E-state index is 0.0650. The molecule has 5 rings (SSSR count). The lowest BCUT2D eigenvalue weighted by Gasteiger charge is -2.41. The Morgan fingerprint density at radius 3 is 1.85 bits per heavy atom. The number of rotatable bonds is 17. The van der Waals surface area contributed by atoms with E-state index >= 15 is 0 Å². The van der Waals surface area contributed by atoms with Crippen molar-refractivity contribution in [2.45, 2.75) is 74.0 Å². The highest BCUT2D eigenvalue weighted by Crippen LogP contribution is 2.43. The summed E-state index contributed by atoms with van der Waals surface area (Å²) in [6, 6.07) is 30.6. The normalized spacial score (nSPS) is 16.2. The topological polar surface area (TPSA) is 110 Å². The number of carbonyl (C=O) groups excluding carboxylic acids is 3. The van der Waals surface area contributed by atoms with E-state index in [0.717, 1.165) is 16.7 Å². The van der Waals surface area contributed by atoms with Crippen molar-refractivity contribution in [3.05, 3.63) is 143 Å². The van der Waals surface area contributed by atoms with Gasteiger partial charge in [-0.1, -0.05) is 158 Å². The minimum Gasteiger partial charge on any atom is -0.455 e. The summed E-state index contributed by atoms with van der Waals surface area (Å²) in [5.41, 5.74) is 3.23. The summed E-state index contributed by atoms with van der Waals surface area (Å²) in [7, 11) is -2.42. The molecule has 0 saturated heterocycles. The minimum atomic E-state index is -2.59. The predicted molar refractivity (Wildman–Crippen MR) is 247 cm³/mol. The third-order valence-corrected chi connectivity index (χ3v) is 15.4. The molecule has 1 aliphatic heterocycles. The van der Waals surface area contributed by atoms with E-state index in [9.17, 15) is 14.4 Å². The van der Waals surface area contributed by atoms with Gasteiger partial charge in [0.25, 0.3) is 0 Å². The number of halogens is 4. The molecule has 0 aromatic heterocycles. The van der Waals surface area contributed by atoms with E-state index in [1.165, 1.54) is 4.90 Å². The molecule has 4 aromatic rings. The van der Waals surface area contributed by atoms with Gasteiger partial charge >= 0.3 is 23.8 Å². The Hall–Kier alpha value is -4.49. The van der Waals surface area contributed by atoms with Crippen LogP contribution < -0.4 is 9.47 Å². The number of hydrogen-bond donors (Lipinski definition) is 0. The lowest BCUT2D eigenvalue weighted by Crippen LogP contribution is -2.56. The van der Waals surface area contributed by atoms with Gasteiger partial charge in [-0.2, -0.15) is 0 Å². The second kappa shape index (κ2) is 21.3. The number of fused-ring (bicyclic) bond motifs is 1. The third kappa shape index (κ3) is 13.5. The van der Waals surface area contributed by atoms with Gasteiger partial charge in [-0.15, -0.1) is 0 Å². The van der Waals surface area contributed by atoms with Gasteiger partial charge in [0, 0.05) is 11.1 Å². The monoisotopic (exact) mass is 941 g/mol. The number of carbonyl (C=O) groups is 3. The van der Waals surface area contributed by atoms with Crippen molar-refractivity contribution < 1.29 is 42.5 Å². The maximum Gasteiger partial charge on any atom is 0.453 e. The lowest BCUT2D eigenvalue weighted by atomic mass is 10.0. The first-order valence-corrected chi connectivity index (χ1v) is 24.4. The highest BCUT2D eigenvalue weighted by molar-refractivity contribution is 6.74. The largest absolute Gasteiger partial charge is 0.455 e. The Balaban J connectivity index is 1.39. The molecule has 0 unspecified atom stereocenters. The van der Waals surface area contributed by atoms with Gasteiger partial charge in [-0.05, 0) is 90.1 Å². The first kappa shape index (κ1) is 48.5. The molecule has 1 heterocycles. The highest BCUT2D eigenvalue weighted by atomic mass is 35.6. The molecular weight excluding hydrogens is 892 g/mol. The van der Waals surface area contributed by atoms with Crippen LogP contribution in [0.15, 0.2) is 115 Å². The van der Waals surface area contributed by atoms with Gasteiger partial charge in [0.15, 0.2) is 19.8 Å². The van der Waals surface area contributed by atoms with Crippen LogP contribution in [0.1, 0.15) is 56.1 Å². The number of benzene rings is 4. The Morgan fingerprint density at radius 1 is 0.758 bits per heavy atom. The van der Waals surface area contributed by atoms with Gasteiger partial charge in [0.2, 0.25) is 3.79 Å². The van der Waals surface area contributed by atoms with Crippen molar-refractivity contribution in [1.82, 2.24) is 4.90 Å². The first-order valence-electron chi connectivity index (χ1n) is 20.0. The van der Waals surface area contributed by atoms with Crippen LogP contribution in [-0.2, 0) is 34.6 Å². The van der Waals surface area contributed by atoms with E-state index in [2.05, 4.69) is 33.9 Å². The van der Waals surface area contributed by atoms with E-state index in [4.69, 9.17) is 74.5 Å². The van der Waals surface area contributed by atoms with Gasteiger partial charge in [-0.25, -0.2) is 14.4 Å². The SMILES string of the molecule is C[C@H](Cc1ccc2c(c1)OC(C(=O)OCC=Cc1ccccc1)(C(=O)OCC=Cc1ccccc1)O2)N(C[C@H](O[Si](C)(C)C(C)(C)C)c1cccc(Cl)c1)C(=O)OCC(Cl)(Cl)Cl. The maximum absolute atomic E-state index is 13.9. The molecule has 4 aromatic carbocycles. The predicted octanol–water partition coefficient (Wildman–Crippen LogP) is 11.8. The number of ether oxygens (including phenoxy) is 5. The summed E-state index contributed by atoms with van der Waals surface area (Å²) >= 11 is 24.4. The second-order valence-corrected chi connectivity index (χ2v) is 23.9. The number of esters is 2. The van der Waals surface area contributed by atoms with E-state index in [0.29, 0.717) is 10.6 Å². The molecule has 0 fully saturated rings. The smallest absolute Gasteiger partial charge is 0.453 e. The zero-order chi connectivity index (χ0) is 45.1. The van der Waals surface area contributed by atoms with Crippen molar-refractivity contribution in [2.75, 3.05) is 26.4 Å². The van der Waals surface area contributed by atoms with E-state index in [1.54, 1.807) is 48.6 Å². The number of nitrogens with zero attached hydrogens (tertiary/aromatic N) is 1. The Labute approximate surface area is 384 Å². The van der Waals surface area contributed by atoms with Gasteiger partial charge in [0.05, 0.1) is 12.6 Å². The molecule has 2 atom stereocenters. The van der Waals surface area contributed by atoms with Crippen LogP contribution in [0.25, 0.3) is 12.2 Å². The Bertz CT molecular complexity index is 2140. The molecular formula is C47H51Cl4NO9Si. The van der Waals surface area contributed by atoms with Gasteiger partial charge in [0.1, 0.15) is 19.8 Å². The molecule has 0 aliphatic carbocycles. The summed E-state index contributed by atoms with van der Waals surface area (Å²) in [5.74, 6) is -4.60. The van der Waals surface area contributed by atoms with Crippen molar-refractivity contribution in [3.8, 4) is 11.5 Å².